The maximum atomic E-state index is 13.4. The monoisotopic (exact) mass is 426 g/mol. The molecule has 0 saturated heterocycles. The number of likely N-dealkylation sites (N-methyl/N-ethyl adjacent to an activating group) is 1. The quantitative estimate of drug-likeness (QED) is 0.700. The minimum absolute atomic E-state index is 0.130. The second kappa shape index (κ2) is 9.20. The number of carbonyl (C=O) groups excluding carboxylic acids is 2. The van der Waals surface area contributed by atoms with Crippen molar-refractivity contribution in [3.63, 3.8) is 0 Å². The van der Waals surface area contributed by atoms with E-state index in [1.165, 1.54) is 0 Å². The van der Waals surface area contributed by atoms with E-state index >= 15 is 0 Å². The first kappa shape index (κ1) is 22.3. The van der Waals surface area contributed by atoms with Crippen molar-refractivity contribution in [1.29, 1.82) is 0 Å². The summed E-state index contributed by atoms with van der Waals surface area (Å²) in [7, 11) is 1.93. The van der Waals surface area contributed by atoms with E-state index < -0.39 is 6.09 Å². The van der Waals surface area contributed by atoms with E-state index in [-0.39, 0.29) is 17.9 Å². The molecule has 0 fully saturated rings. The molecule has 166 valence electrons. The molecule has 1 aromatic heterocycles. The Morgan fingerprint density at radius 3 is 2.81 bits per heavy atom. The average Bonchev–Trinajstić information content (AvgIpc) is 2.85. The molecule has 3 N–H and O–H groups in total. The summed E-state index contributed by atoms with van der Waals surface area (Å²) >= 11 is 0. The third-order valence-electron chi connectivity index (χ3n) is 5.51. The van der Waals surface area contributed by atoms with Crippen molar-refractivity contribution in [3.05, 3.63) is 41.6 Å². The fourth-order valence-electron chi connectivity index (χ4n) is 3.55. The molecule has 2 heterocycles. The number of hydrogen-bond donors (Lipinski definition) is 2. The Hall–Kier alpha value is -3.36. The SMILES string of the molecule is CCNc1ncc2c(n1)N(C)CCN(c1cccc(C(C)(C)CCOC(N)=O)c1)C2=O. The number of rotatable bonds is 7. The van der Waals surface area contributed by atoms with Gasteiger partial charge >= 0.3 is 6.09 Å². The Kier molecular flexibility index (Phi) is 6.62. The van der Waals surface area contributed by atoms with Crippen LogP contribution in [0.1, 0.15) is 43.1 Å². The first-order chi connectivity index (χ1) is 14.7. The van der Waals surface area contributed by atoms with Crippen LogP contribution in [0.3, 0.4) is 0 Å². The van der Waals surface area contributed by atoms with E-state index in [1.807, 2.05) is 43.1 Å². The summed E-state index contributed by atoms with van der Waals surface area (Å²) in [5.74, 6) is 1.00. The van der Waals surface area contributed by atoms with Gasteiger partial charge in [-0.05, 0) is 36.5 Å². The van der Waals surface area contributed by atoms with Gasteiger partial charge in [0.15, 0.2) is 0 Å². The highest BCUT2D eigenvalue weighted by Gasteiger charge is 2.29. The van der Waals surface area contributed by atoms with Crippen LogP contribution in [0.2, 0.25) is 0 Å². The zero-order chi connectivity index (χ0) is 22.6. The van der Waals surface area contributed by atoms with Gasteiger partial charge in [0.1, 0.15) is 11.4 Å². The van der Waals surface area contributed by atoms with Crippen LogP contribution in [0.5, 0.6) is 0 Å². The van der Waals surface area contributed by atoms with Crippen LogP contribution in [0.25, 0.3) is 0 Å². The average molecular weight is 427 g/mol. The molecule has 0 unspecified atom stereocenters. The number of nitrogens with two attached hydrogens (primary N) is 1. The Morgan fingerprint density at radius 1 is 1.32 bits per heavy atom. The van der Waals surface area contributed by atoms with Gasteiger partial charge in [-0.2, -0.15) is 4.98 Å². The Balaban J connectivity index is 1.88. The predicted octanol–water partition coefficient (Wildman–Crippen LogP) is 2.77. The zero-order valence-electron chi connectivity index (χ0n) is 18.5. The van der Waals surface area contributed by atoms with Gasteiger partial charge < -0.3 is 25.6 Å². The molecule has 1 aliphatic rings. The zero-order valence-corrected chi connectivity index (χ0v) is 18.5. The minimum atomic E-state index is -0.776. The fourth-order valence-corrected chi connectivity index (χ4v) is 3.55. The van der Waals surface area contributed by atoms with Crippen LogP contribution >= 0.6 is 0 Å². The van der Waals surface area contributed by atoms with Crippen LogP contribution in [0.4, 0.5) is 22.2 Å². The standard InChI is InChI=1S/C22H30N6O3/c1-5-24-21-25-14-17-18(26-21)27(4)10-11-28(19(17)29)16-8-6-7-15(13-16)22(2,3)9-12-31-20(23)30/h6-8,13-14H,5,9-12H2,1-4H3,(H2,23,30)(H,24,25,26). The highest BCUT2D eigenvalue weighted by atomic mass is 16.5. The molecule has 3 rings (SSSR count). The lowest BCUT2D eigenvalue weighted by atomic mass is 9.81. The van der Waals surface area contributed by atoms with E-state index in [0.717, 1.165) is 11.3 Å². The number of ether oxygens (including phenoxy) is 1. The smallest absolute Gasteiger partial charge is 0.404 e. The molecule has 0 radical (unpaired) electrons. The maximum Gasteiger partial charge on any atom is 0.404 e. The Labute approximate surface area is 182 Å². The molecule has 0 aliphatic carbocycles. The summed E-state index contributed by atoms with van der Waals surface area (Å²) in [5.41, 5.74) is 7.13. The molecule has 9 heteroatoms. The van der Waals surface area contributed by atoms with Crippen molar-refractivity contribution in [2.75, 3.05) is 48.4 Å². The number of benzene rings is 1. The van der Waals surface area contributed by atoms with Gasteiger partial charge in [0.2, 0.25) is 5.95 Å². The molecule has 0 bridgehead atoms. The number of hydrogen-bond acceptors (Lipinski definition) is 7. The van der Waals surface area contributed by atoms with E-state index in [2.05, 4.69) is 29.1 Å². The van der Waals surface area contributed by atoms with Gasteiger partial charge in [0.05, 0.1) is 6.61 Å². The van der Waals surface area contributed by atoms with Crippen molar-refractivity contribution in [2.24, 2.45) is 5.73 Å². The molecule has 1 aliphatic heterocycles. The second-order valence-electron chi connectivity index (χ2n) is 8.19. The number of nitrogens with zero attached hydrogens (tertiary/aromatic N) is 4. The molecular formula is C22H30N6O3. The molecule has 0 saturated carbocycles. The lowest BCUT2D eigenvalue weighted by molar-refractivity contribution is 0.0989. The fraction of sp³-hybridized carbons (Fsp3) is 0.455. The summed E-state index contributed by atoms with van der Waals surface area (Å²) in [5, 5.41) is 3.09. The number of carbonyl (C=O) groups is 2. The van der Waals surface area contributed by atoms with Gasteiger partial charge in [0, 0.05) is 38.6 Å². The molecule has 1 aromatic carbocycles. The third kappa shape index (κ3) is 5.04. The molecule has 2 amide bonds. The van der Waals surface area contributed by atoms with Crippen molar-refractivity contribution in [1.82, 2.24) is 9.97 Å². The number of primary amides is 1. The summed E-state index contributed by atoms with van der Waals surface area (Å²) in [6.07, 6.45) is 1.42. The number of fused-ring (bicyclic) bond motifs is 1. The van der Waals surface area contributed by atoms with Crippen molar-refractivity contribution >= 4 is 29.5 Å². The Bertz CT molecular complexity index is 962. The van der Waals surface area contributed by atoms with Crippen LogP contribution in [-0.4, -0.2) is 55.3 Å². The van der Waals surface area contributed by atoms with E-state index in [1.54, 1.807) is 11.1 Å². The van der Waals surface area contributed by atoms with E-state index in [4.69, 9.17) is 10.5 Å². The molecular weight excluding hydrogens is 396 g/mol. The number of nitrogens with one attached hydrogen (secondary N) is 1. The first-order valence-corrected chi connectivity index (χ1v) is 10.4. The van der Waals surface area contributed by atoms with Crippen LogP contribution in [-0.2, 0) is 10.2 Å². The van der Waals surface area contributed by atoms with Gasteiger partial charge in [-0.25, -0.2) is 9.78 Å². The van der Waals surface area contributed by atoms with Crippen LogP contribution < -0.4 is 20.9 Å². The topological polar surface area (TPSA) is 114 Å². The van der Waals surface area contributed by atoms with Crippen molar-refractivity contribution in [3.8, 4) is 0 Å². The Morgan fingerprint density at radius 2 is 2.10 bits per heavy atom. The number of aromatic nitrogens is 2. The van der Waals surface area contributed by atoms with Crippen molar-refractivity contribution < 1.29 is 14.3 Å². The lowest BCUT2D eigenvalue weighted by Crippen LogP contribution is -2.34. The van der Waals surface area contributed by atoms with E-state index in [9.17, 15) is 9.59 Å². The van der Waals surface area contributed by atoms with E-state index in [0.29, 0.717) is 43.4 Å². The number of anilines is 3. The molecule has 31 heavy (non-hydrogen) atoms. The molecule has 0 atom stereocenters. The second-order valence-corrected chi connectivity index (χ2v) is 8.19. The molecule has 9 nitrogen and oxygen atoms in total. The highest BCUT2D eigenvalue weighted by molar-refractivity contribution is 6.09. The maximum absolute atomic E-state index is 13.4. The predicted molar refractivity (Wildman–Crippen MR) is 121 cm³/mol. The highest BCUT2D eigenvalue weighted by Crippen LogP contribution is 2.32. The normalized spacial score (nSPS) is 14.1. The summed E-state index contributed by atoms with van der Waals surface area (Å²) < 4.78 is 4.91. The molecule has 0 spiro atoms. The van der Waals surface area contributed by atoms with Gasteiger partial charge in [-0.15, -0.1) is 0 Å². The summed E-state index contributed by atoms with van der Waals surface area (Å²) in [6.45, 7) is 8.21. The van der Waals surface area contributed by atoms with Crippen LogP contribution in [0.15, 0.2) is 30.5 Å². The third-order valence-corrected chi connectivity index (χ3v) is 5.51. The summed E-state index contributed by atoms with van der Waals surface area (Å²) in [4.78, 5) is 36.8. The van der Waals surface area contributed by atoms with Crippen molar-refractivity contribution in [2.45, 2.75) is 32.6 Å². The van der Waals surface area contributed by atoms with Gasteiger partial charge in [0.25, 0.3) is 5.91 Å². The molecule has 2 aromatic rings. The van der Waals surface area contributed by atoms with Crippen LogP contribution in [0, 0.1) is 0 Å². The minimum Gasteiger partial charge on any atom is -0.450 e. The van der Waals surface area contributed by atoms with Gasteiger partial charge in [-0.3, -0.25) is 4.79 Å². The largest absolute Gasteiger partial charge is 0.450 e. The lowest BCUT2D eigenvalue weighted by Gasteiger charge is -2.28. The summed E-state index contributed by atoms with van der Waals surface area (Å²) in [6, 6.07) is 7.90. The first-order valence-electron chi connectivity index (χ1n) is 10.4. The number of amides is 2. The van der Waals surface area contributed by atoms with Gasteiger partial charge in [-0.1, -0.05) is 26.0 Å².